The molecule has 1 saturated heterocycles. The number of amides is 2. The van der Waals surface area contributed by atoms with Crippen LogP contribution in [0.15, 0.2) is 54.6 Å². The van der Waals surface area contributed by atoms with Crippen molar-refractivity contribution in [2.45, 2.75) is 25.0 Å². The van der Waals surface area contributed by atoms with Crippen molar-refractivity contribution in [1.29, 1.82) is 0 Å². The van der Waals surface area contributed by atoms with E-state index < -0.39 is 5.97 Å². The fraction of sp³-hybridized carbons (Fsp3) is 0.300. The zero-order valence-corrected chi connectivity index (χ0v) is 14.7. The number of likely N-dealkylation sites (N-methyl/N-ethyl adjacent to an activating group) is 1. The maximum Gasteiger partial charge on any atom is 0.335 e. The van der Waals surface area contributed by atoms with E-state index in [1.807, 2.05) is 18.2 Å². The summed E-state index contributed by atoms with van der Waals surface area (Å²) < 4.78 is 0. The lowest BCUT2D eigenvalue weighted by Crippen LogP contribution is -2.44. The number of carboxylic acids is 1. The van der Waals surface area contributed by atoms with Gasteiger partial charge in [0, 0.05) is 13.1 Å². The molecule has 6 heteroatoms. The normalized spacial score (nSPS) is 19.9. The van der Waals surface area contributed by atoms with Crippen LogP contribution in [-0.4, -0.2) is 41.6 Å². The van der Waals surface area contributed by atoms with E-state index in [9.17, 15) is 9.59 Å². The summed E-state index contributed by atoms with van der Waals surface area (Å²) in [6.07, 6.45) is 0.900. The summed E-state index contributed by atoms with van der Waals surface area (Å²) in [6, 6.07) is 16.7. The zero-order chi connectivity index (χ0) is 18.5. The van der Waals surface area contributed by atoms with Crippen molar-refractivity contribution in [2.24, 2.45) is 0 Å². The largest absolute Gasteiger partial charge is 0.478 e. The van der Waals surface area contributed by atoms with Crippen LogP contribution in [0.3, 0.4) is 0 Å². The van der Waals surface area contributed by atoms with Crippen molar-refractivity contribution < 1.29 is 14.7 Å². The van der Waals surface area contributed by atoms with Crippen LogP contribution in [0.1, 0.15) is 33.9 Å². The lowest BCUT2D eigenvalue weighted by Gasteiger charge is -2.26. The van der Waals surface area contributed by atoms with E-state index >= 15 is 0 Å². The molecule has 2 amide bonds. The second-order valence-corrected chi connectivity index (χ2v) is 6.56. The zero-order valence-electron chi connectivity index (χ0n) is 14.7. The van der Waals surface area contributed by atoms with Gasteiger partial charge in [-0.2, -0.15) is 0 Å². The molecule has 3 rings (SSSR count). The molecule has 2 aromatic carbocycles. The first-order chi connectivity index (χ1) is 12.5. The van der Waals surface area contributed by atoms with Crippen LogP contribution in [0.25, 0.3) is 0 Å². The standard InChI is InChI=1S/C20H23N3O3/c1-23-12-11-17(18(23)15-5-3-2-4-6-15)22-20(26)21-13-14-7-9-16(10-8-14)19(24)25/h2-10,17-18H,11-13H2,1H3,(H,24,25)(H2,21,22,26). The molecule has 1 aliphatic heterocycles. The highest BCUT2D eigenvalue weighted by molar-refractivity contribution is 5.87. The Morgan fingerprint density at radius 2 is 1.81 bits per heavy atom. The molecular weight excluding hydrogens is 330 g/mol. The molecule has 3 N–H and O–H groups in total. The molecule has 2 atom stereocenters. The second kappa shape index (κ2) is 8.01. The van der Waals surface area contributed by atoms with Crippen LogP contribution < -0.4 is 10.6 Å². The van der Waals surface area contributed by atoms with Gasteiger partial charge in [0.2, 0.25) is 0 Å². The Hall–Kier alpha value is -2.86. The molecule has 1 heterocycles. The quantitative estimate of drug-likeness (QED) is 0.772. The molecule has 6 nitrogen and oxygen atoms in total. The van der Waals surface area contributed by atoms with Crippen molar-refractivity contribution >= 4 is 12.0 Å². The fourth-order valence-electron chi connectivity index (χ4n) is 3.40. The molecule has 0 saturated carbocycles. The van der Waals surface area contributed by atoms with Gasteiger partial charge in [0.25, 0.3) is 0 Å². The molecule has 1 aliphatic rings. The number of hydrogen-bond donors (Lipinski definition) is 3. The predicted octanol–water partition coefficient (Wildman–Crippen LogP) is 2.63. The fourth-order valence-corrected chi connectivity index (χ4v) is 3.40. The number of nitrogens with one attached hydrogen (secondary N) is 2. The molecular formula is C20H23N3O3. The van der Waals surface area contributed by atoms with Gasteiger partial charge in [-0.15, -0.1) is 0 Å². The van der Waals surface area contributed by atoms with Crippen molar-refractivity contribution in [2.75, 3.05) is 13.6 Å². The number of urea groups is 1. The third kappa shape index (κ3) is 4.21. The lowest BCUT2D eigenvalue weighted by molar-refractivity contribution is 0.0697. The summed E-state index contributed by atoms with van der Waals surface area (Å²) in [5.74, 6) is -0.959. The first kappa shape index (κ1) is 17.9. The molecule has 0 radical (unpaired) electrons. The maximum atomic E-state index is 12.3. The Kier molecular flexibility index (Phi) is 5.53. The van der Waals surface area contributed by atoms with E-state index in [0.29, 0.717) is 6.54 Å². The molecule has 0 aromatic heterocycles. The Balaban J connectivity index is 1.56. The highest BCUT2D eigenvalue weighted by atomic mass is 16.4. The highest BCUT2D eigenvalue weighted by Gasteiger charge is 2.33. The Labute approximate surface area is 152 Å². The Morgan fingerprint density at radius 1 is 1.12 bits per heavy atom. The minimum Gasteiger partial charge on any atom is -0.478 e. The summed E-state index contributed by atoms with van der Waals surface area (Å²) in [4.78, 5) is 25.4. The van der Waals surface area contributed by atoms with Crippen molar-refractivity contribution in [3.8, 4) is 0 Å². The van der Waals surface area contributed by atoms with Gasteiger partial charge >= 0.3 is 12.0 Å². The number of hydrogen-bond acceptors (Lipinski definition) is 3. The van der Waals surface area contributed by atoms with Gasteiger partial charge in [-0.05, 0) is 36.7 Å². The number of carboxylic acid groups (broad SMARTS) is 1. The molecule has 2 aromatic rings. The summed E-state index contributed by atoms with van der Waals surface area (Å²) in [6.45, 7) is 1.28. The average molecular weight is 353 g/mol. The Bertz CT molecular complexity index is 762. The van der Waals surface area contributed by atoms with Crippen LogP contribution in [-0.2, 0) is 6.54 Å². The summed E-state index contributed by atoms with van der Waals surface area (Å²) in [7, 11) is 2.07. The topological polar surface area (TPSA) is 81.7 Å². The van der Waals surface area contributed by atoms with E-state index in [0.717, 1.165) is 18.5 Å². The van der Waals surface area contributed by atoms with Crippen LogP contribution in [0.5, 0.6) is 0 Å². The highest BCUT2D eigenvalue weighted by Crippen LogP contribution is 2.30. The van der Waals surface area contributed by atoms with Crippen molar-refractivity contribution in [1.82, 2.24) is 15.5 Å². The molecule has 0 spiro atoms. The third-order valence-corrected chi connectivity index (χ3v) is 4.76. The summed E-state index contributed by atoms with van der Waals surface area (Å²) in [5.41, 5.74) is 2.29. The first-order valence-corrected chi connectivity index (χ1v) is 8.66. The van der Waals surface area contributed by atoms with E-state index in [-0.39, 0.29) is 23.7 Å². The smallest absolute Gasteiger partial charge is 0.335 e. The summed E-state index contributed by atoms with van der Waals surface area (Å²) >= 11 is 0. The van der Waals surface area contributed by atoms with Gasteiger partial charge < -0.3 is 15.7 Å². The van der Waals surface area contributed by atoms with Crippen LogP contribution in [0, 0.1) is 0 Å². The number of likely N-dealkylation sites (tertiary alicyclic amines) is 1. The van der Waals surface area contributed by atoms with Gasteiger partial charge in [0.15, 0.2) is 0 Å². The van der Waals surface area contributed by atoms with Crippen molar-refractivity contribution in [3.05, 3.63) is 71.3 Å². The monoisotopic (exact) mass is 353 g/mol. The first-order valence-electron chi connectivity index (χ1n) is 8.66. The minimum atomic E-state index is -0.959. The van der Waals surface area contributed by atoms with Crippen molar-refractivity contribution in [3.63, 3.8) is 0 Å². The SMILES string of the molecule is CN1CCC(NC(=O)NCc2ccc(C(=O)O)cc2)C1c1ccccc1. The average Bonchev–Trinajstić information content (AvgIpc) is 3.01. The molecule has 1 fully saturated rings. The van der Waals surface area contributed by atoms with Gasteiger partial charge in [-0.3, -0.25) is 4.90 Å². The lowest BCUT2D eigenvalue weighted by atomic mass is 10.0. The maximum absolute atomic E-state index is 12.3. The molecule has 2 unspecified atom stereocenters. The van der Waals surface area contributed by atoms with E-state index in [2.05, 4.69) is 34.7 Å². The molecule has 26 heavy (non-hydrogen) atoms. The van der Waals surface area contributed by atoms with Gasteiger partial charge in [0.05, 0.1) is 17.6 Å². The van der Waals surface area contributed by atoms with E-state index in [4.69, 9.17) is 5.11 Å². The molecule has 0 bridgehead atoms. The minimum absolute atomic E-state index is 0.0526. The van der Waals surface area contributed by atoms with Crippen LogP contribution in [0.2, 0.25) is 0 Å². The number of aromatic carboxylic acids is 1. The van der Waals surface area contributed by atoms with Gasteiger partial charge in [-0.1, -0.05) is 42.5 Å². The molecule has 0 aliphatic carbocycles. The van der Waals surface area contributed by atoms with Gasteiger partial charge in [-0.25, -0.2) is 9.59 Å². The van der Waals surface area contributed by atoms with Crippen LogP contribution in [0.4, 0.5) is 4.79 Å². The number of benzene rings is 2. The Morgan fingerprint density at radius 3 is 2.46 bits per heavy atom. The van der Waals surface area contributed by atoms with E-state index in [1.54, 1.807) is 12.1 Å². The third-order valence-electron chi connectivity index (χ3n) is 4.76. The second-order valence-electron chi connectivity index (χ2n) is 6.56. The predicted molar refractivity (Wildman–Crippen MR) is 99.0 cm³/mol. The summed E-state index contributed by atoms with van der Waals surface area (Å²) in [5, 5.41) is 14.8. The number of rotatable bonds is 5. The van der Waals surface area contributed by atoms with Gasteiger partial charge in [0.1, 0.15) is 0 Å². The van der Waals surface area contributed by atoms with E-state index in [1.165, 1.54) is 17.7 Å². The number of carbonyl (C=O) groups is 2. The number of nitrogens with zero attached hydrogens (tertiary/aromatic N) is 1. The molecule has 136 valence electrons. The number of carbonyl (C=O) groups excluding carboxylic acids is 1. The van der Waals surface area contributed by atoms with Crippen LogP contribution >= 0.6 is 0 Å².